The van der Waals surface area contributed by atoms with Crippen LogP contribution in [0.1, 0.15) is 32.6 Å². The van der Waals surface area contributed by atoms with E-state index in [1.807, 2.05) is 6.92 Å². The van der Waals surface area contributed by atoms with E-state index in [2.05, 4.69) is 10.6 Å². The van der Waals surface area contributed by atoms with Gasteiger partial charge in [-0.25, -0.2) is 0 Å². The third kappa shape index (κ3) is 4.23. The summed E-state index contributed by atoms with van der Waals surface area (Å²) in [6.45, 7) is 4.95. The zero-order valence-corrected chi connectivity index (χ0v) is 11.1. The van der Waals surface area contributed by atoms with Crippen molar-refractivity contribution < 1.29 is 14.3 Å². The minimum absolute atomic E-state index is 0.0310. The van der Waals surface area contributed by atoms with Crippen LogP contribution < -0.4 is 10.6 Å². The minimum Gasteiger partial charge on any atom is -0.376 e. The molecule has 5 heteroatoms. The third-order valence-corrected chi connectivity index (χ3v) is 3.65. The highest BCUT2D eigenvalue weighted by Crippen LogP contribution is 2.15. The van der Waals surface area contributed by atoms with Crippen molar-refractivity contribution >= 4 is 5.91 Å². The molecule has 2 aliphatic rings. The number of nitrogens with one attached hydrogen (secondary N) is 2. The maximum atomic E-state index is 11.7. The van der Waals surface area contributed by atoms with Gasteiger partial charge < -0.3 is 20.1 Å². The lowest BCUT2D eigenvalue weighted by atomic mass is 10.1. The van der Waals surface area contributed by atoms with Crippen molar-refractivity contribution in [3.05, 3.63) is 0 Å². The molecule has 0 bridgehead atoms. The van der Waals surface area contributed by atoms with Crippen LogP contribution in [0.4, 0.5) is 0 Å². The summed E-state index contributed by atoms with van der Waals surface area (Å²) in [7, 11) is 0. The van der Waals surface area contributed by atoms with Gasteiger partial charge in [-0.1, -0.05) is 0 Å². The highest BCUT2D eigenvalue weighted by atomic mass is 16.5. The van der Waals surface area contributed by atoms with Gasteiger partial charge in [-0.2, -0.15) is 0 Å². The van der Waals surface area contributed by atoms with Gasteiger partial charge in [0.2, 0.25) is 5.91 Å². The smallest absolute Gasteiger partial charge is 0.246 e. The zero-order valence-electron chi connectivity index (χ0n) is 11.1. The van der Waals surface area contributed by atoms with Crippen molar-refractivity contribution in [1.29, 1.82) is 0 Å². The summed E-state index contributed by atoms with van der Waals surface area (Å²) in [5.41, 5.74) is 0. The lowest BCUT2D eigenvalue weighted by molar-refractivity contribution is -0.129. The highest BCUT2D eigenvalue weighted by Gasteiger charge is 2.24. The zero-order chi connectivity index (χ0) is 12.8. The van der Waals surface area contributed by atoms with Crippen LogP contribution in [0.2, 0.25) is 0 Å². The molecule has 2 atom stereocenters. The molecule has 2 heterocycles. The molecular weight excluding hydrogens is 232 g/mol. The quantitative estimate of drug-likeness (QED) is 0.749. The fraction of sp³-hybridized carbons (Fsp3) is 0.923. The lowest BCUT2D eigenvalue weighted by Crippen LogP contribution is -2.43. The average Bonchev–Trinajstić information content (AvgIpc) is 2.91. The first kappa shape index (κ1) is 13.8. The minimum atomic E-state index is -0.0310. The molecular formula is C13H24N2O3. The van der Waals surface area contributed by atoms with Gasteiger partial charge in [0.05, 0.1) is 18.2 Å². The first-order chi connectivity index (χ1) is 8.75. The highest BCUT2D eigenvalue weighted by molar-refractivity contribution is 5.77. The fourth-order valence-corrected chi connectivity index (χ4v) is 2.54. The largest absolute Gasteiger partial charge is 0.376 e. The molecule has 2 aliphatic heterocycles. The molecule has 2 unspecified atom stereocenters. The monoisotopic (exact) mass is 256 g/mol. The van der Waals surface area contributed by atoms with Gasteiger partial charge in [-0.15, -0.1) is 0 Å². The molecule has 2 rings (SSSR count). The molecule has 1 amide bonds. The van der Waals surface area contributed by atoms with Crippen LogP contribution in [0.25, 0.3) is 0 Å². The average molecular weight is 256 g/mol. The van der Waals surface area contributed by atoms with Gasteiger partial charge in [0.25, 0.3) is 0 Å². The molecule has 2 fully saturated rings. The van der Waals surface area contributed by atoms with Crippen molar-refractivity contribution in [2.45, 2.75) is 50.9 Å². The van der Waals surface area contributed by atoms with Gasteiger partial charge in [0, 0.05) is 6.61 Å². The Morgan fingerprint density at radius 3 is 2.89 bits per heavy atom. The van der Waals surface area contributed by atoms with Crippen LogP contribution in [-0.2, 0) is 14.3 Å². The number of rotatable bonds is 5. The van der Waals surface area contributed by atoms with E-state index in [-0.39, 0.29) is 30.8 Å². The molecule has 0 saturated carbocycles. The standard InChI is InChI=1S/C13H24N2O3/c1-10(12-3-2-8-17-12)15-13(16)9-18-11-4-6-14-7-5-11/h10-12,14H,2-9H2,1H3,(H,15,16). The normalized spacial score (nSPS) is 27.1. The number of piperidine rings is 1. The van der Waals surface area contributed by atoms with Crippen LogP contribution in [0.3, 0.4) is 0 Å². The Morgan fingerprint density at radius 2 is 2.22 bits per heavy atom. The van der Waals surface area contributed by atoms with Crippen molar-refractivity contribution in [3.8, 4) is 0 Å². The first-order valence-corrected chi connectivity index (χ1v) is 6.99. The van der Waals surface area contributed by atoms with Gasteiger partial charge in [-0.05, 0) is 45.7 Å². The van der Waals surface area contributed by atoms with E-state index < -0.39 is 0 Å². The van der Waals surface area contributed by atoms with Crippen molar-refractivity contribution in [2.24, 2.45) is 0 Å². The molecule has 0 spiro atoms. The Bertz CT molecular complexity index is 261. The van der Waals surface area contributed by atoms with Gasteiger partial charge >= 0.3 is 0 Å². The summed E-state index contributed by atoms with van der Waals surface area (Å²) in [4.78, 5) is 11.7. The van der Waals surface area contributed by atoms with E-state index in [0.29, 0.717) is 0 Å². The molecule has 18 heavy (non-hydrogen) atoms. The summed E-state index contributed by atoms with van der Waals surface area (Å²) in [6.07, 6.45) is 4.53. The summed E-state index contributed by atoms with van der Waals surface area (Å²) < 4.78 is 11.2. The molecule has 0 aliphatic carbocycles. The Labute approximate surface area is 109 Å². The summed E-state index contributed by atoms with van der Waals surface area (Å²) in [6, 6.07) is 0.0802. The van der Waals surface area contributed by atoms with Crippen molar-refractivity contribution in [1.82, 2.24) is 10.6 Å². The topological polar surface area (TPSA) is 59.6 Å². The van der Waals surface area contributed by atoms with E-state index in [1.54, 1.807) is 0 Å². The number of ether oxygens (including phenoxy) is 2. The molecule has 5 nitrogen and oxygen atoms in total. The number of hydrogen-bond donors (Lipinski definition) is 2. The predicted molar refractivity (Wildman–Crippen MR) is 68.4 cm³/mol. The first-order valence-electron chi connectivity index (χ1n) is 6.99. The molecule has 2 N–H and O–H groups in total. The molecule has 0 aromatic rings. The van der Waals surface area contributed by atoms with Crippen LogP contribution >= 0.6 is 0 Å². The second-order valence-corrected chi connectivity index (χ2v) is 5.17. The van der Waals surface area contributed by atoms with Crippen molar-refractivity contribution in [2.75, 3.05) is 26.3 Å². The van der Waals surface area contributed by atoms with Gasteiger partial charge in [-0.3, -0.25) is 4.79 Å². The summed E-state index contributed by atoms with van der Waals surface area (Å²) in [5.74, 6) is -0.0310. The van der Waals surface area contributed by atoms with E-state index in [1.165, 1.54) is 0 Å². The Kier molecular flexibility index (Phi) is 5.41. The van der Waals surface area contributed by atoms with Crippen LogP contribution in [0.5, 0.6) is 0 Å². The van der Waals surface area contributed by atoms with Crippen LogP contribution in [0, 0.1) is 0 Å². The number of hydrogen-bond acceptors (Lipinski definition) is 4. The summed E-state index contributed by atoms with van der Waals surface area (Å²) >= 11 is 0. The second-order valence-electron chi connectivity index (χ2n) is 5.17. The van der Waals surface area contributed by atoms with Crippen LogP contribution in [0.15, 0.2) is 0 Å². The van der Waals surface area contributed by atoms with Crippen LogP contribution in [-0.4, -0.2) is 50.5 Å². The number of carbonyl (C=O) groups is 1. The molecule has 104 valence electrons. The van der Waals surface area contributed by atoms with Gasteiger partial charge in [0.1, 0.15) is 6.61 Å². The molecule has 0 aromatic carbocycles. The lowest BCUT2D eigenvalue weighted by Gasteiger charge is -2.24. The number of carbonyl (C=O) groups excluding carboxylic acids is 1. The van der Waals surface area contributed by atoms with E-state index in [4.69, 9.17) is 9.47 Å². The molecule has 0 aromatic heterocycles. The SMILES string of the molecule is CC(NC(=O)COC1CCNCC1)C1CCCO1. The fourth-order valence-electron chi connectivity index (χ4n) is 2.54. The Hall–Kier alpha value is -0.650. The van der Waals surface area contributed by atoms with E-state index in [0.717, 1.165) is 45.4 Å². The van der Waals surface area contributed by atoms with Gasteiger partial charge in [0.15, 0.2) is 0 Å². The second kappa shape index (κ2) is 7.07. The Balaban J connectivity index is 1.61. The maximum Gasteiger partial charge on any atom is 0.246 e. The maximum absolute atomic E-state index is 11.7. The number of amides is 1. The van der Waals surface area contributed by atoms with E-state index >= 15 is 0 Å². The predicted octanol–water partition coefficient (Wildman–Crippen LogP) is 0.439. The molecule has 2 saturated heterocycles. The Morgan fingerprint density at radius 1 is 1.44 bits per heavy atom. The molecule has 0 radical (unpaired) electrons. The van der Waals surface area contributed by atoms with E-state index in [9.17, 15) is 4.79 Å². The summed E-state index contributed by atoms with van der Waals surface area (Å²) in [5, 5.41) is 6.23. The third-order valence-electron chi connectivity index (χ3n) is 3.65. The van der Waals surface area contributed by atoms with Crippen molar-refractivity contribution in [3.63, 3.8) is 0 Å².